The van der Waals surface area contributed by atoms with Crippen LogP contribution >= 0.6 is 0 Å². The molecule has 0 aliphatic carbocycles. The highest BCUT2D eigenvalue weighted by atomic mass is 16.3. The van der Waals surface area contributed by atoms with Crippen LogP contribution in [0.3, 0.4) is 0 Å². The van der Waals surface area contributed by atoms with Gasteiger partial charge in [0.15, 0.2) is 0 Å². The van der Waals surface area contributed by atoms with Gasteiger partial charge in [-0.05, 0) is 91.3 Å². The van der Waals surface area contributed by atoms with E-state index in [-0.39, 0.29) is 0 Å². The Labute approximate surface area is 277 Å². The van der Waals surface area contributed by atoms with Crippen molar-refractivity contribution in [3.8, 4) is 11.1 Å². The third kappa shape index (κ3) is 4.06. The molecule has 9 aromatic carbocycles. The lowest BCUT2D eigenvalue weighted by atomic mass is 9.93. The SMILES string of the molecule is c1ccc2c(c1)cc(-c1ccc(N(c3cc4ccccc4c4ccccc34)c3cccc4oc5ccccc5c34)cc1)c1ccccc12. The molecule has 1 heterocycles. The first-order valence-corrected chi connectivity index (χ1v) is 16.4. The normalized spacial score (nSPS) is 11.8. The van der Waals surface area contributed by atoms with Crippen LogP contribution in [0.15, 0.2) is 180 Å². The summed E-state index contributed by atoms with van der Waals surface area (Å²) in [6.07, 6.45) is 0. The Morgan fingerprint density at radius 1 is 0.354 bits per heavy atom. The third-order valence-electron chi connectivity index (χ3n) is 9.81. The van der Waals surface area contributed by atoms with Gasteiger partial charge in [0, 0.05) is 16.5 Å². The van der Waals surface area contributed by atoms with Crippen molar-refractivity contribution in [2.45, 2.75) is 0 Å². The van der Waals surface area contributed by atoms with Gasteiger partial charge in [-0.3, -0.25) is 0 Å². The zero-order valence-corrected chi connectivity index (χ0v) is 26.1. The zero-order chi connectivity index (χ0) is 31.6. The summed E-state index contributed by atoms with van der Waals surface area (Å²) < 4.78 is 6.40. The summed E-state index contributed by atoms with van der Waals surface area (Å²) in [6.45, 7) is 0. The molecule has 0 aliphatic heterocycles. The van der Waals surface area contributed by atoms with Gasteiger partial charge in [-0.15, -0.1) is 0 Å². The fraction of sp³-hybridized carbons (Fsp3) is 0. The standard InChI is InChI=1S/C46H29NO/c1-3-14-34-31(12-1)28-41(38-18-6-5-16-36(34)38)30-24-26-33(27-25-30)47(42-21-11-23-45-46(42)40-20-9-10-22-44(40)48-45)43-29-32-13-2-4-15-35(32)37-17-7-8-19-39(37)43/h1-29H. The summed E-state index contributed by atoms with van der Waals surface area (Å²) in [5, 5.41) is 12.2. The molecule has 0 bridgehead atoms. The van der Waals surface area contributed by atoms with Crippen LogP contribution < -0.4 is 4.90 Å². The average molecular weight is 612 g/mol. The van der Waals surface area contributed by atoms with E-state index >= 15 is 0 Å². The fourth-order valence-corrected chi connectivity index (χ4v) is 7.65. The van der Waals surface area contributed by atoms with E-state index in [1.807, 2.05) is 6.07 Å². The third-order valence-corrected chi connectivity index (χ3v) is 9.81. The monoisotopic (exact) mass is 611 g/mol. The van der Waals surface area contributed by atoms with E-state index in [0.29, 0.717) is 0 Å². The molecule has 1 aromatic heterocycles. The van der Waals surface area contributed by atoms with Gasteiger partial charge in [-0.25, -0.2) is 0 Å². The van der Waals surface area contributed by atoms with Crippen LogP contribution in [-0.4, -0.2) is 0 Å². The minimum atomic E-state index is 0.878. The minimum Gasteiger partial charge on any atom is -0.456 e. The highest BCUT2D eigenvalue weighted by Gasteiger charge is 2.22. The van der Waals surface area contributed by atoms with E-state index in [9.17, 15) is 0 Å². The molecule has 0 radical (unpaired) electrons. The Bertz CT molecular complexity index is 2840. The zero-order valence-electron chi connectivity index (χ0n) is 26.1. The number of furan rings is 1. The highest BCUT2D eigenvalue weighted by molar-refractivity contribution is 6.18. The lowest BCUT2D eigenvalue weighted by Crippen LogP contribution is -2.11. The van der Waals surface area contributed by atoms with Crippen LogP contribution in [-0.2, 0) is 0 Å². The second-order valence-corrected chi connectivity index (χ2v) is 12.5. The smallest absolute Gasteiger partial charge is 0.137 e. The quantitative estimate of drug-likeness (QED) is 0.184. The van der Waals surface area contributed by atoms with Crippen molar-refractivity contribution < 1.29 is 4.42 Å². The predicted molar refractivity (Wildman–Crippen MR) is 204 cm³/mol. The van der Waals surface area contributed by atoms with E-state index in [1.54, 1.807) is 0 Å². The molecule has 0 unspecified atom stereocenters. The first kappa shape index (κ1) is 26.8. The van der Waals surface area contributed by atoms with Crippen molar-refractivity contribution in [3.05, 3.63) is 176 Å². The largest absolute Gasteiger partial charge is 0.456 e. The van der Waals surface area contributed by atoms with Crippen molar-refractivity contribution in [2.75, 3.05) is 4.90 Å². The number of anilines is 3. The van der Waals surface area contributed by atoms with Crippen LogP contribution in [0.1, 0.15) is 0 Å². The lowest BCUT2D eigenvalue weighted by Gasteiger charge is -2.28. The van der Waals surface area contributed by atoms with Crippen molar-refractivity contribution in [1.82, 2.24) is 0 Å². The summed E-state index contributed by atoms with van der Waals surface area (Å²) >= 11 is 0. The predicted octanol–water partition coefficient (Wildman–Crippen LogP) is 13.3. The molecule has 0 aliphatic rings. The van der Waals surface area contributed by atoms with Crippen LogP contribution in [0.5, 0.6) is 0 Å². The van der Waals surface area contributed by atoms with Crippen LogP contribution in [0.4, 0.5) is 17.1 Å². The maximum absolute atomic E-state index is 6.40. The number of benzene rings is 9. The molecule has 0 atom stereocenters. The second kappa shape index (κ2) is 10.6. The van der Waals surface area contributed by atoms with Crippen molar-refractivity contribution in [1.29, 1.82) is 0 Å². The maximum Gasteiger partial charge on any atom is 0.137 e. The molecule has 224 valence electrons. The first-order chi connectivity index (χ1) is 23.8. The number of para-hydroxylation sites is 1. The van der Waals surface area contributed by atoms with Crippen LogP contribution in [0.25, 0.3) is 76.2 Å². The lowest BCUT2D eigenvalue weighted by molar-refractivity contribution is 0.669. The summed E-state index contributed by atoms with van der Waals surface area (Å²) in [4.78, 5) is 2.42. The number of rotatable bonds is 4. The van der Waals surface area contributed by atoms with E-state index < -0.39 is 0 Å². The van der Waals surface area contributed by atoms with Gasteiger partial charge in [-0.2, -0.15) is 0 Å². The van der Waals surface area contributed by atoms with Gasteiger partial charge in [0.05, 0.1) is 16.8 Å². The van der Waals surface area contributed by atoms with Gasteiger partial charge in [0.2, 0.25) is 0 Å². The van der Waals surface area contributed by atoms with Crippen LogP contribution in [0, 0.1) is 0 Å². The topological polar surface area (TPSA) is 16.4 Å². The van der Waals surface area contributed by atoms with Crippen LogP contribution in [0.2, 0.25) is 0 Å². The molecule has 2 heteroatoms. The number of hydrogen-bond acceptors (Lipinski definition) is 2. The van der Waals surface area contributed by atoms with E-state index in [2.05, 4.69) is 175 Å². The maximum atomic E-state index is 6.40. The second-order valence-electron chi connectivity index (χ2n) is 12.5. The molecule has 10 aromatic rings. The van der Waals surface area contributed by atoms with Crippen molar-refractivity contribution in [2.24, 2.45) is 0 Å². The van der Waals surface area contributed by atoms with E-state index in [4.69, 9.17) is 4.42 Å². The van der Waals surface area contributed by atoms with Crippen molar-refractivity contribution >= 4 is 82.1 Å². The molecule has 10 rings (SSSR count). The molecule has 0 saturated heterocycles. The molecular formula is C46H29NO. The van der Waals surface area contributed by atoms with E-state index in [1.165, 1.54) is 54.2 Å². The Morgan fingerprint density at radius 2 is 0.896 bits per heavy atom. The summed E-state index contributed by atoms with van der Waals surface area (Å²) in [5.41, 5.74) is 7.50. The Balaban J connectivity index is 1.24. The molecule has 0 amide bonds. The minimum absolute atomic E-state index is 0.878. The summed E-state index contributed by atoms with van der Waals surface area (Å²) in [6, 6.07) is 63.3. The molecule has 0 spiro atoms. The molecule has 0 N–H and O–H groups in total. The Kier molecular flexibility index (Phi) is 5.91. The number of nitrogens with zero attached hydrogens (tertiary/aromatic N) is 1. The van der Waals surface area contributed by atoms with Gasteiger partial charge in [-0.1, -0.05) is 133 Å². The molecule has 0 fully saturated rings. The molecule has 0 saturated carbocycles. The summed E-state index contributed by atoms with van der Waals surface area (Å²) in [5.74, 6) is 0. The molecular weight excluding hydrogens is 583 g/mol. The van der Waals surface area contributed by atoms with Crippen molar-refractivity contribution in [3.63, 3.8) is 0 Å². The van der Waals surface area contributed by atoms with Gasteiger partial charge in [0.25, 0.3) is 0 Å². The van der Waals surface area contributed by atoms with Gasteiger partial charge in [0.1, 0.15) is 11.2 Å². The number of hydrogen-bond donors (Lipinski definition) is 0. The Morgan fingerprint density at radius 3 is 1.62 bits per heavy atom. The molecule has 2 nitrogen and oxygen atoms in total. The Hall–Kier alpha value is -6.38. The summed E-state index contributed by atoms with van der Waals surface area (Å²) in [7, 11) is 0. The average Bonchev–Trinajstić information content (AvgIpc) is 3.54. The fourth-order valence-electron chi connectivity index (χ4n) is 7.65. The van der Waals surface area contributed by atoms with Gasteiger partial charge < -0.3 is 9.32 Å². The highest BCUT2D eigenvalue weighted by Crippen LogP contribution is 2.47. The van der Waals surface area contributed by atoms with E-state index in [0.717, 1.165) is 39.0 Å². The first-order valence-electron chi connectivity index (χ1n) is 16.4. The van der Waals surface area contributed by atoms with Gasteiger partial charge >= 0.3 is 0 Å². The number of fused-ring (bicyclic) bond motifs is 9. The molecule has 48 heavy (non-hydrogen) atoms.